The van der Waals surface area contributed by atoms with E-state index in [1.165, 1.54) is 12.2 Å². The molecule has 1 aromatic rings. The van der Waals surface area contributed by atoms with Gasteiger partial charge in [0.05, 0.1) is 5.69 Å². The maximum absolute atomic E-state index is 11.2. The van der Waals surface area contributed by atoms with E-state index in [0.717, 1.165) is 36.5 Å². The van der Waals surface area contributed by atoms with Crippen LogP contribution in [0.1, 0.15) is 42.7 Å². The fourth-order valence-corrected chi connectivity index (χ4v) is 3.95. The van der Waals surface area contributed by atoms with Crippen molar-refractivity contribution in [3.63, 3.8) is 0 Å². The molecule has 4 nitrogen and oxygen atoms in total. The predicted molar refractivity (Wildman–Crippen MR) is 66.5 cm³/mol. The SMILES string of the molecule is O=C(O)C1CCCc2nc(C3CCSC3)cn21. The number of aliphatic carboxylic acids is 1. The summed E-state index contributed by atoms with van der Waals surface area (Å²) in [5.41, 5.74) is 1.11. The molecular formula is C12H16N2O2S. The Hall–Kier alpha value is -0.970. The van der Waals surface area contributed by atoms with Crippen molar-refractivity contribution in [2.75, 3.05) is 11.5 Å². The van der Waals surface area contributed by atoms with Crippen LogP contribution in [0.4, 0.5) is 0 Å². The third-order valence-corrected chi connectivity index (χ3v) is 4.84. The molecule has 3 rings (SSSR count). The largest absolute Gasteiger partial charge is 0.480 e. The molecule has 0 bridgehead atoms. The normalized spacial score (nSPS) is 28.0. The second kappa shape index (κ2) is 4.37. The Bertz CT molecular complexity index is 438. The van der Waals surface area contributed by atoms with Gasteiger partial charge in [-0.3, -0.25) is 0 Å². The minimum Gasteiger partial charge on any atom is -0.480 e. The number of thioether (sulfide) groups is 1. The number of rotatable bonds is 2. The summed E-state index contributed by atoms with van der Waals surface area (Å²) in [6.07, 6.45) is 5.76. The topological polar surface area (TPSA) is 55.1 Å². The Kier molecular flexibility index (Phi) is 2.86. The van der Waals surface area contributed by atoms with E-state index in [1.54, 1.807) is 0 Å². The summed E-state index contributed by atoms with van der Waals surface area (Å²) in [7, 11) is 0. The van der Waals surface area contributed by atoms with E-state index in [9.17, 15) is 9.90 Å². The third kappa shape index (κ3) is 1.97. The fraction of sp³-hybridized carbons (Fsp3) is 0.667. The number of aryl methyl sites for hydroxylation is 1. The molecule has 0 aromatic carbocycles. The highest BCUT2D eigenvalue weighted by Crippen LogP contribution is 2.34. The molecule has 17 heavy (non-hydrogen) atoms. The highest BCUT2D eigenvalue weighted by molar-refractivity contribution is 7.99. The van der Waals surface area contributed by atoms with Gasteiger partial charge in [-0.2, -0.15) is 11.8 Å². The summed E-state index contributed by atoms with van der Waals surface area (Å²) in [4.78, 5) is 15.8. The lowest BCUT2D eigenvalue weighted by molar-refractivity contribution is -0.141. The van der Waals surface area contributed by atoms with Gasteiger partial charge in [-0.15, -0.1) is 0 Å². The van der Waals surface area contributed by atoms with E-state index in [2.05, 4.69) is 4.98 Å². The van der Waals surface area contributed by atoms with Gasteiger partial charge in [-0.1, -0.05) is 0 Å². The zero-order valence-corrected chi connectivity index (χ0v) is 10.4. The molecule has 2 atom stereocenters. The molecule has 2 aliphatic rings. The zero-order chi connectivity index (χ0) is 11.8. The van der Waals surface area contributed by atoms with Gasteiger partial charge in [-0.05, 0) is 25.0 Å². The van der Waals surface area contributed by atoms with Crippen molar-refractivity contribution in [3.8, 4) is 0 Å². The number of imidazole rings is 1. The van der Waals surface area contributed by atoms with E-state index < -0.39 is 12.0 Å². The van der Waals surface area contributed by atoms with Crippen LogP contribution in [-0.4, -0.2) is 32.1 Å². The summed E-state index contributed by atoms with van der Waals surface area (Å²) >= 11 is 1.96. The Morgan fingerprint density at radius 2 is 2.41 bits per heavy atom. The molecule has 0 radical (unpaired) electrons. The standard InChI is InChI=1S/C12H16N2O2S/c15-12(16)10-2-1-3-11-13-9(6-14(10)11)8-4-5-17-7-8/h6,8,10H,1-5,7H2,(H,15,16). The first-order valence-electron chi connectivity index (χ1n) is 6.14. The molecule has 3 heterocycles. The average Bonchev–Trinajstić information content (AvgIpc) is 2.96. The third-order valence-electron chi connectivity index (χ3n) is 3.67. The van der Waals surface area contributed by atoms with Gasteiger partial charge >= 0.3 is 5.97 Å². The smallest absolute Gasteiger partial charge is 0.326 e. The summed E-state index contributed by atoms with van der Waals surface area (Å²) in [6.45, 7) is 0. The first-order chi connectivity index (χ1) is 8.25. The minimum absolute atomic E-state index is 0.394. The van der Waals surface area contributed by atoms with Crippen molar-refractivity contribution in [1.82, 2.24) is 9.55 Å². The van der Waals surface area contributed by atoms with E-state index in [1.807, 2.05) is 22.5 Å². The Balaban J connectivity index is 1.92. The molecule has 1 saturated heterocycles. The van der Waals surface area contributed by atoms with Gasteiger partial charge in [0.2, 0.25) is 0 Å². The Labute approximate surface area is 104 Å². The predicted octanol–water partition coefficient (Wildman–Crippen LogP) is 2.07. The van der Waals surface area contributed by atoms with Gasteiger partial charge in [0.1, 0.15) is 11.9 Å². The molecule has 0 spiro atoms. The zero-order valence-electron chi connectivity index (χ0n) is 9.63. The highest BCUT2D eigenvalue weighted by Gasteiger charge is 2.29. The molecule has 1 aromatic heterocycles. The quantitative estimate of drug-likeness (QED) is 0.875. The Morgan fingerprint density at radius 3 is 3.12 bits per heavy atom. The van der Waals surface area contributed by atoms with E-state index >= 15 is 0 Å². The minimum atomic E-state index is -0.726. The molecular weight excluding hydrogens is 236 g/mol. The van der Waals surface area contributed by atoms with Gasteiger partial charge < -0.3 is 9.67 Å². The lowest BCUT2D eigenvalue weighted by Gasteiger charge is -2.20. The van der Waals surface area contributed by atoms with Crippen LogP contribution in [0.5, 0.6) is 0 Å². The lowest BCUT2D eigenvalue weighted by atomic mass is 10.0. The van der Waals surface area contributed by atoms with E-state index in [4.69, 9.17) is 0 Å². The summed E-state index contributed by atoms with van der Waals surface area (Å²) < 4.78 is 1.89. The van der Waals surface area contributed by atoms with E-state index in [0.29, 0.717) is 5.92 Å². The summed E-state index contributed by atoms with van der Waals surface area (Å²) in [6, 6.07) is -0.394. The van der Waals surface area contributed by atoms with Crippen LogP contribution in [0.3, 0.4) is 0 Å². The summed E-state index contributed by atoms with van der Waals surface area (Å²) in [5.74, 6) is 3.11. The highest BCUT2D eigenvalue weighted by atomic mass is 32.2. The van der Waals surface area contributed by atoms with Crippen molar-refractivity contribution < 1.29 is 9.90 Å². The number of hydrogen-bond acceptors (Lipinski definition) is 3. The molecule has 1 fully saturated rings. The maximum atomic E-state index is 11.2. The van der Waals surface area contributed by atoms with Crippen LogP contribution in [-0.2, 0) is 11.2 Å². The number of fused-ring (bicyclic) bond motifs is 1. The first-order valence-corrected chi connectivity index (χ1v) is 7.29. The fourth-order valence-electron chi connectivity index (χ4n) is 2.71. The Morgan fingerprint density at radius 1 is 1.53 bits per heavy atom. The average molecular weight is 252 g/mol. The lowest BCUT2D eigenvalue weighted by Crippen LogP contribution is -2.24. The van der Waals surface area contributed by atoms with Crippen molar-refractivity contribution in [2.45, 2.75) is 37.6 Å². The van der Waals surface area contributed by atoms with Crippen LogP contribution < -0.4 is 0 Å². The van der Waals surface area contributed by atoms with Gasteiger partial charge in [0.15, 0.2) is 0 Å². The number of carbonyl (C=O) groups is 1. The number of carboxylic acid groups (broad SMARTS) is 1. The number of carboxylic acids is 1. The second-order valence-electron chi connectivity index (χ2n) is 4.80. The first kappa shape index (κ1) is 11.1. The molecule has 0 saturated carbocycles. The van der Waals surface area contributed by atoms with Crippen LogP contribution in [0.2, 0.25) is 0 Å². The van der Waals surface area contributed by atoms with Crippen LogP contribution in [0, 0.1) is 0 Å². The van der Waals surface area contributed by atoms with Gasteiger partial charge in [0, 0.05) is 24.3 Å². The van der Waals surface area contributed by atoms with Gasteiger partial charge in [0.25, 0.3) is 0 Å². The summed E-state index contributed by atoms with van der Waals surface area (Å²) in [5, 5.41) is 9.21. The monoisotopic (exact) mass is 252 g/mol. The van der Waals surface area contributed by atoms with Gasteiger partial charge in [-0.25, -0.2) is 9.78 Å². The number of nitrogens with zero attached hydrogens (tertiary/aromatic N) is 2. The molecule has 5 heteroatoms. The maximum Gasteiger partial charge on any atom is 0.326 e. The van der Waals surface area contributed by atoms with Crippen molar-refractivity contribution in [3.05, 3.63) is 17.7 Å². The molecule has 0 aliphatic carbocycles. The van der Waals surface area contributed by atoms with Crippen molar-refractivity contribution >= 4 is 17.7 Å². The van der Waals surface area contributed by atoms with Crippen LogP contribution in [0.25, 0.3) is 0 Å². The van der Waals surface area contributed by atoms with E-state index in [-0.39, 0.29) is 0 Å². The molecule has 0 amide bonds. The van der Waals surface area contributed by atoms with Crippen LogP contribution in [0.15, 0.2) is 6.20 Å². The van der Waals surface area contributed by atoms with Crippen LogP contribution >= 0.6 is 11.8 Å². The van der Waals surface area contributed by atoms with Crippen molar-refractivity contribution in [1.29, 1.82) is 0 Å². The molecule has 2 aliphatic heterocycles. The molecule has 1 N–H and O–H groups in total. The number of hydrogen-bond donors (Lipinski definition) is 1. The molecule has 92 valence electrons. The van der Waals surface area contributed by atoms with Crippen molar-refractivity contribution in [2.24, 2.45) is 0 Å². The molecule has 2 unspecified atom stereocenters. The second-order valence-corrected chi connectivity index (χ2v) is 5.95. The number of aromatic nitrogens is 2.